The number of rotatable bonds is 2. The van der Waals surface area contributed by atoms with Gasteiger partial charge in [0, 0.05) is 8.07 Å². The zero-order valence-corrected chi connectivity index (χ0v) is 8.59. The van der Waals surface area contributed by atoms with E-state index in [0.29, 0.717) is 0 Å². The average molecular weight is 168 g/mol. The Morgan fingerprint density at radius 2 is 1.67 bits per heavy atom. The van der Waals surface area contributed by atoms with E-state index in [9.17, 15) is 0 Å². The number of nitrogens with two attached hydrogens (primary N) is 1. The van der Waals surface area contributed by atoms with Crippen LogP contribution in [-0.2, 0) is 0 Å². The molecule has 0 radical (unpaired) electrons. The van der Waals surface area contributed by atoms with Crippen LogP contribution in [0.5, 0.6) is 0 Å². The van der Waals surface area contributed by atoms with Gasteiger partial charge in [-0.3, -0.25) is 0 Å². The average Bonchev–Trinajstić information content (AvgIpc) is 1.62. The van der Waals surface area contributed by atoms with Crippen molar-refractivity contribution >= 4 is 20.5 Å². The van der Waals surface area contributed by atoms with Crippen molar-refractivity contribution < 1.29 is 0 Å². The van der Waals surface area contributed by atoms with Gasteiger partial charge in [0.2, 0.25) is 0 Å². The fourth-order valence-corrected chi connectivity index (χ4v) is 1.06. The Balaban J connectivity index is 0. The summed E-state index contributed by atoms with van der Waals surface area (Å²) in [6.07, 6.45) is 0. The van der Waals surface area contributed by atoms with Crippen LogP contribution in [0.3, 0.4) is 0 Å². The summed E-state index contributed by atoms with van der Waals surface area (Å²) < 4.78 is 0. The van der Waals surface area contributed by atoms with Crippen molar-refractivity contribution in [2.75, 3.05) is 6.54 Å². The maximum Gasteiger partial charge on any atom is 0.0483 e. The van der Waals surface area contributed by atoms with Gasteiger partial charge in [0.1, 0.15) is 0 Å². The molecule has 0 heterocycles. The van der Waals surface area contributed by atoms with Gasteiger partial charge in [-0.2, -0.15) is 0 Å². The highest BCUT2D eigenvalue weighted by molar-refractivity contribution is 6.77. The lowest BCUT2D eigenvalue weighted by Gasteiger charge is -2.22. The van der Waals surface area contributed by atoms with E-state index in [4.69, 9.17) is 5.73 Å². The Kier molecular flexibility index (Phi) is 5.83. The topological polar surface area (TPSA) is 26.0 Å². The van der Waals surface area contributed by atoms with Crippen molar-refractivity contribution in [2.45, 2.75) is 32.1 Å². The highest BCUT2D eigenvalue weighted by Crippen LogP contribution is 2.18. The third-order valence-corrected chi connectivity index (χ3v) is 5.02. The van der Waals surface area contributed by atoms with Crippen LogP contribution in [0.2, 0.25) is 25.2 Å². The van der Waals surface area contributed by atoms with Crippen LogP contribution in [0, 0.1) is 0 Å². The van der Waals surface area contributed by atoms with Gasteiger partial charge in [0.05, 0.1) is 0 Å². The Labute approximate surface area is 65.4 Å². The normalized spacial score (nSPS) is 14.3. The molecule has 0 amide bonds. The summed E-state index contributed by atoms with van der Waals surface area (Å²) in [4.78, 5) is 0. The first-order valence-corrected chi connectivity index (χ1v) is 6.76. The lowest BCUT2D eigenvalue weighted by molar-refractivity contribution is 0.887. The van der Waals surface area contributed by atoms with Crippen LogP contribution in [0.25, 0.3) is 0 Å². The van der Waals surface area contributed by atoms with E-state index in [-0.39, 0.29) is 12.4 Å². The molecule has 1 unspecified atom stereocenters. The van der Waals surface area contributed by atoms with Gasteiger partial charge in [0.25, 0.3) is 0 Å². The zero-order chi connectivity index (χ0) is 6.78. The molecule has 0 aromatic carbocycles. The summed E-state index contributed by atoms with van der Waals surface area (Å²) in [5.74, 6) is 0. The second kappa shape index (κ2) is 4.31. The van der Waals surface area contributed by atoms with E-state index >= 15 is 0 Å². The predicted octanol–water partition coefficient (Wildman–Crippen LogP) is 2.10. The van der Waals surface area contributed by atoms with Crippen LogP contribution in [0.15, 0.2) is 0 Å². The predicted molar refractivity (Wildman–Crippen MR) is 49.1 cm³/mol. The van der Waals surface area contributed by atoms with Gasteiger partial charge < -0.3 is 5.73 Å². The fraction of sp³-hybridized carbons (Fsp3) is 1.00. The first kappa shape index (κ1) is 12.2. The maximum atomic E-state index is 5.49. The summed E-state index contributed by atoms with van der Waals surface area (Å²) in [5, 5.41) is 0. The highest BCUT2D eigenvalue weighted by atomic mass is 35.5. The minimum Gasteiger partial charge on any atom is -0.330 e. The maximum absolute atomic E-state index is 5.49. The van der Waals surface area contributed by atoms with Crippen molar-refractivity contribution in [2.24, 2.45) is 5.73 Å². The number of halogens is 1. The fourth-order valence-electron chi connectivity index (χ4n) is 0.354. The smallest absolute Gasteiger partial charge is 0.0483 e. The van der Waals surface area contributed by atoms with Crippen LogP contribution >= 0.6 is 12.4 Å². The Hall–Kier alpha value is 0.467. The van der Waals surface area contributed by atoms with Crippen LogP contribution in [-0.4, -0.2) is 14.6 Å². The molecule has 58 valence electrons. The molecule has 0 aromatic rings. The van der Waals surface area contributed by atoms with Crippen LogP contribution in [0.4, 0.5) is 0 Å². The van der Waals surface area contributed by atoms with Crippen molar-refractivity contribution in [1.29, 1.82) is 0 Å². The standard InChI is InChI=1S/C6H17NSi.ClH/c1-6(5-7)8(2,3)4;/h6H,5,7H2,1-4H3;1H. The molecule has 0 aliphatic rings. The molecule has 1 nitrogen and oxygen atoms in total. The number of hydrogen-bond acceptors (Lipinski definition) is 1. The largest absolute Gasteiger partial charge is 0.330 e. The molecule has 0 bridgehead atoms. The van der Waals surface area contributed by atoms with Crippen LogP contribution in [0.1, 0.15) is 6.92 Å². The summed E-state index contributed by atoms with van der Waals surface area (Å²) in [6, 6.07) is 0. The monoisotopic (exact) mass is 167 g/mol. The second-order valence-corrected chi connectivity index (χ2v) is 9.22. The molecular weight excluding hydrogens is 150 g/mol. The van der Waals surface area contributed by atoms with Gasteiger partial charge in [0.15, 0.2) is 0 Å². The Morgan fingerprint density at radius 1 is 1.33 bits per heavy atom. The van der Waals surface area contributed by atoms with Crippen molar-refractivity contribution in [1.82, 2.24) is 0 Å². The minimum absolute atomic E-state index is 0. The Morgan fingerprint density at radius 3 is 1.67 bits per heavy atom. The lowest BCUT2D eigenvalue weighted by Crippen LogP contribution is -2.31. The molecule has 0 aliphatic carbocycles. The first-order valence-electron chi connectivity index (χ1n) is 3.18. The van der Waals surface area contributed by atoms with E-state index in [0.717, 1.165) is 12.1 Å². The molecule has 0 rings (SSSR count). The van der Waals surface area contributed by atoms with Crippen LogP contribution < -0.4 is 5.73 Å². The lowest BCUT2D eigenvalue weighted by atomic mass is 10.5. The van der Waals surface area contributed by atoms with Crippen molar-refractivity contribution in [3.63, 3.8) is 0 Å². The number of hydrogen-bond donors (Lipinski definition) is 1. The molecule has 0 aromatic heterocycles. The summed E-state index contributed by atoms with van der Waals surface area (Å²) in [5.41, 5.74) is 6.26. The zero-order valence-electron chi connectivity index (χ0n) is 6.77. The van der Waals surface area contributed by atoms with Gasteiger partial charge in [-0.05, 0) is 12.1 Å². The third kappa shape index (κ3) is 4.94. The molecule has 2 N–H and O–H groups in total. The summed E-state index contributed by atoms with van der Waals surface area (Å²) in [7, 11) is -0.886. The quantitative estimate of drug-likeness (QED) is 0.627. The first-order chi connectivity index (χ1) is 3.48. The molecule has 1 atom stereocenters. The third-order valence-electron chi connectivity index (χ3n) is 1.83. The molecule has 0 saturated heterocycles. The van der Waals surface area contributed by atoms with Gasteiger partial charge in [-0.1, -0.05) is 26.6 Å². The van der Waals surface area contributed by atoms with Gasteiger partial charge in [-0.15, -0.1) is 12.4 Å². The minimum atomic E-state index is -0.886. The molecule has 9 heavy (non-hydrogen) atoms. The molecule has 0 fully saturated rings. The van der Waals surface area contributed by atoms with Gasteiger partial charge >= 0.3 is 0 Å². The second-order valence-electron chi connectivity index (χ2n) is 3.50. The molecule has 0 spiro atoms. The van der Waals surface area contributed by atoms with E-state index in [2.05, 4.69) is 26.6 Å². The van der Waals surface area contributed by atoms with Crippen molar-refractivity contribution in [3.8, 4) is 0 Å². The van der Waals surface area contributed by atoms with E-state index in [1.165, 1.54) is 0 Å². The molecule has 0 saturated carbocycles. The molecule has 0 aliphatic heterocycles. The molecule has 3 heteroatoms. The van der Waals surface area contributed by atoms with Crippen molar-refractivity contribution in [3.05, 3.63) is 0 Å². The summed E-state index contributed by atoms with van der Waals surface area (Å²) >= 11 is 0. The van der Waals surface area contributed by atoms with E-state index in [1.54, 1.807) is 0 Å². The highest BCUT2D eigenvalue weighted by Gasteiger charge is 2.19. The molecular formula is C6H18ClNSi. The van der Waals surface area contributed by atoms with E-state index < -0.39 is 8.07 Å². The summed E-state index contributed by atoms with van der Waals surface area (Å²) in [6.45, 7) is 10.2. The SMILES string of the molecule is CC(CN)[Si](C)(C)C.Cl. The Bertz CT molecular complexity index is 69.9. The van der Waals surface area contributed by atoms with E-state index in [1.807, 2.05) is 0 Å². The van der Waals surface area contributed by atoms with Gasteiger partial charge in [-0.25, -0.2) is 0 Å².